The largest absolute Gasteiger partial charge is 0.416 e. The molecule has 0 atom stereocenters. The highest BCUT2D eigenvalue weighted by Crippen LogP contribution is 2.36. The fourth-order valence-electron chi connectivity index (χ4n) is 5.51. The summed E-state index contributed by atoms with van der Waals surface area (Å²) in [5, 5.41) is 0.366. The molecule has 214 valence electrons. The van der Waals surface area contributed by atoms with Crippen LogP contribution in [0.4, 0.5) is 13.2 Å². The zero-order valence-electron chi connectivity index (χ0n) is 22.0. The third-order valence-corrected chi connectivity index (χ3v) is 7.84. The molecular weight excluding hydrogens is 547 g/mol. The number of hydrogen-bond acceptors (Lipinski definition) is 8. The van der Waals surface area contributed by atoms with Gasteiger partial charge in [0.25, 0.3) is 0 Å². The van der Waals surface area contributed by atoms with Gasteiger partial charge < -0.3 is 8.92 Å². The lowest BCUT2D eigenvalue weighted by Gasteiger charge is -2.40. The van der Waals surface area contributed by atoms with Gasteiger partial charge >= 0.3 is 22.3 Å². The maximum atomic E-state index is 13.6. The third kappa shape index (κ3) is 6.46. The zero-order chi connectivity index (χ0) is 28.5. The van der Waals surface area contributed by atoms with Gasteiger partial charge in [0.1, 0.15) is 0 Å². The molecule has 0 radical (unpaired) electrons. The number of morpholine rings is 1. The molecule has 8 nitrogen and oxygen atoms in total. The smallest absolute Gasteiger partial charge is 0.379 e. The summed E-state index contributed by atoms with van der Waals surface area (Å²) in [6.07, 6.45) is -2.05. The highest BCUT2D eigenvalue weighted by atomic mass is 32.2. The van der Waals surface area contributed by atoms with E-state index in [1.165, 1.54) is 12.1 Å². The maximum absolute atomic E-state index is 13.6. The second-order valence-electron chi connectivity index (χ2n) is 10.1. The number of fused-ring (bicyclic) bond motifs is 1. The molecule has 0 spiro atoms. The average Bonchev–Trinajstić information content (AvgIpc) is 2.92. The van der Waals surface area contributed by atoms with Gasteiger partial charge in [-0.1, -0.05) is 30.3 Å². The van der Waals surface area contributed by atoms with Crippen molar-refractivity contribution in [1.82, 2.24) is 14.8 Å². The quantitative estimate of drug-likeness (QED) is 0.400. The number of para-hydroxylation sites is 1. The van der Waals surface area contributed by atoms with E-state index in [-0.39, 0.29) is 23.4 Å². The van der Waals surface area contributed by atoms with E-state index in [4.69, 9.17) is 8.92 Å². The molecule has 3 aromatic rings. The number of aromatic nitrogens is 1. The van der Waals surface area contributed by atoms with Crippen LogP contribution < -0.4 is 0 Å². The number of halogens is 3. The van der Waals surface area contributed by atoms with Crippen LogP contribution in [-0.4, -0.2) is 80.9 Å². The molecule has 0 aliphatic carbocycles. The van der Waals surface area contributed by atoms with E-state index in [1.807, 2.05) is 0 Å². The van der Waals surface area contributed by atoms with Crippen molar-refractivity contribution in [1.29, 1.82) is 0 Å². The molecule has 2 fully saturated rings. The average molecular weight is 578 g/mol. The van der Waals surface area contributed by atoms with Crippen molar-refractivity contribution in [2.45, 2.75) is 31.6 Å². The molecular formula is C28H30F3N3O5S. The van der Waals surface area contributed by atoms with E-state index < -0.39 is 27.8 Å². The molecule has 0 bridgehead atoms. The van der Waals surface area contributed by atoms with Crippen LogP contribution in [-0.2, 0) is 31.8 Å². The highest BCUT2D eigenvalue weighted by molar-refractivity contribution is 7.86. The maximum Gasteiger partial charge on any atom is 0.416 e. The zero-order valence-corrected chi connectivity index (χ0v) is 22.8. The first-order valence-electron chi connectivity index (χ1n) is 13.1. The summed E-state index contributed by atoms with van der Waals surface area (Å²) in [5.74, 6) is -1.09. The number of carbonyl (C=O) groups excluding carboxylic acids is 1. The first-order chi connectivity index (χ1) is 19.0. The van der Waals surface area contributed by atoms with Gasteiger partial charge in [0.05, 0.1) is 41.8 Å². The number of alkyl halides is 3. The molecule has 2 aromatic carbocycles. The second-order valence-corrected chi connectivity index (χ2v) is 11.7. The topological polar surface area (TPSA) is 89.0 Å². The molecule has 12 heteroatoms. The van der Waals surface area contributed by atoms with Gasteiger partial charge in [-0.15, -0.1) is 0 Å². The number of carbonyl (C=O) groups is 1. The normalized spacial score (nSPS) is 18.2. The van der Waals surface area contributed by atoms with E-state index in [0.29, 0.717) is 48.8 Å². The number of nitrogens with zero attached hydrogens (tertiary/aromatic N) is 3. The molecule has 5 rings (SSSR count). The van der Waals surface area contributed by atoms with Crippen LogP contribution in [0.2, 0.25) is 0 Å². The molecule has 2 saturated heterocycles. The molecule has 3 heterocycles. The van der Waals surface area contributed by atoms with Crippen LogP contribution in [0.15, 0.2) is 48.5 Å². The van der Waals surface area contributed by atoms with Crippen molar-refractivity contribution < 1.29 is 35.3 Å². The summed E-state index contributed by atoms with van der Waals surface area (Å²) in [6.45, 7) is 4.73. The van der Waals surface area contributed by atoms with Crippen molar-refractivity contribution in [3.63, 3.8) is 0 Å². The summed E-state index contributed by atoms with van der Waals surface area (Å²) in [4.78, 5) is 22.6. The number of ether oxygens (including phenoxy) is 1. The summed E-state index contributed by atoms with van der Waals surface area (Å²) < 4.78 is 75.0. The molecule has 2 aliphatic heterocycles. The van der Waals surface area contributed by atoms with Crippen LogP contribution >= 0.6 is 0 Å². The van der Waals surface area contributed by atoms with Gasteiger partial charge in [-0.3, -0.25) is 9.80 Å². The lowest BCUT2D eigenvalue weighted by atomic mass is 9.94. The molecule has 0 amide bonds. The summed E-state index contributed by atoms with van der Waals surface area (Å²) in [5.41, 5.74) is 0.158. The predicted octanol–water partition coefficient (Wildman–Crippen LogP) is 4.33. The van der Waals surface area contributed by atoms with Crippen molar-refractivity contribution in [3.05, 3.63) is 65.2 Å². The van der Waals surface area contributed by atoms with Gasteiger partial charge in [-0.05, 0) is 44.1 Å². The van der Waals surface area contributed by atoms with Crippen molar-refractivity contribution in [2.24, 2.45) is 0 Å². The standard InChI is InChI=1S/C28H30F3N3O5S/c1-40(36,37)39-27(35)25-22-7-2-3-8-24(22)32-26(19-5-4-6-20(17-19)28(29,30)31)23(25)18-33-11-9-21(10-12-33)34-13-15-38-16-14-34/h2-8,17,21H,9-16,18H2,1H3. The lowest BCUT2D eigenvalue weighted by Crippen LogP contribution is -2.48. The number of rotatable bonds is 6. The van der Waals surface area contributed by atoms with Crippen molar-refractivity contribution >= 4 is 27.0 Å². The van der Waals surface area contributed by atoms with Gasteiger partial charge in [0.2, 0.25) is 0 Å². The second kappa shape index (κ2) is 11.4. The molecule has 2 aliphatic rings. The minimum Gasteiger partial charge on any atom is -0.379 e. The Morgan fingerprint density at radius 3 is 2.42 bits per heavy atom. The first-order valence-corrected chi connectivity index (χ1v) is 14.9. The van der Waals surface area contributed by atoms with Crippen molar-refractivity contribution in [3.8, 4) is 11.3 Å². The van der Waals surface area contributed by atoms with Gasteiger partial charge in [0, 0.05) is 42.2 Å². The monoisotopic (exact) mass is 577 g/mol. The molecule has 0 N–H and O–H groups in total. The van der Waals surface area contributed by atoms with Gasteiger partial charge in [0.15, 0.2) is 0 Å². The van der Waals surface area contributed by atoms with E-state index in [0.717, 1.165) is 44.3 Å². The SMILES string of the molecule is CS(=O)(=O)OC(=O)c1c(CN2CCC(N3CCOCC3)CC2)c(-c2cccc(C(F)(F)F)c2)nc2ccccc12. The highest BCUT2D eigenvalue weighted by Gasteiger charge is 2.33. The summed E-state index contributed by atoms with van der Waals surface area (Å²) >= 11 is 0. The molecule has 0 unspecified atom stereocenters. The third-order valence-electron chi connectivity index (χ3n) is 7.39. The Morgan fingerprint density at radius 1 is 1.05 bits per heavy atom. The van der Waals surface area contributed by atoms with Crippen molar-refractivity contribution in [2.75, 3.05) is 45.6 Å². The Bertz CT molecular complexity index is 1500. The van der Waals surface area contributed by atoms with E-state index >= 15 is 0 Å². The van der Waals surface area contributed by atoms with Crippen LogP contribution in [0.25, 0.3) is 22.2 Å². The Morgan fingerprint density at radius 2 is 1.75 bits per heavy atom. The van der Waals surface area contributed by atoms with Crippen LogP contribution in [0.3, 0.4) is 0 Å². The van der Waals surface area contributed by atoms with Gasteiger partial charge in [-0.25, -0.2) is 9.78 Å². The number of benzene rings is 2. The Hall–Kier alpha value is -3.06. The molecule has 1 aromatic heterocycles. The minimum absolute atomic E-state index is 0.0151. The number of piperidine rings is 1. The Kier molecular flexibility index (Phi) is 8.14. The first kappa shape index (κ1) is 28.5. The minimum atomic E-state index is -4.58. The molecule has 40 heavy (non-hydrogen) atoms. The Labute approximate surface area is 230 Å². The van der Waals surface area contributed by atoms with Gasteiger partial charge in [-0.2, -0.15) is 21.6 Å². The van der Waals surface area contributed by atoms with E-state index in [9.17, 15) is 26.4 Å². The summed E-state index contributed by atoms with van der Waals surface area (Å²) in [6, 6.07) is 11.8. The lowest BCUT2D eigenvalue weighted by molar-refractivity contribution is -0.137. The predicted molar refractivity (Wildman–Crippen MR) is 143 cm³/mol. The number of likely N-dealkylation sites (tertiary alicyclic amines) is 1. The van der Waals surface area contributed by atoms with E-state index in [1.54, 1.807) is 24.3 Å². The van der Waals surface area contributed by atoms with Crippen LogP contribution in [0.1, 0.15) is 34.3 Å². The van der Waals surface area contributed by atoms with Crippen LogP contribution in [0.5, 0.6) is 0 Å². The summed E-state index contributed by atoms with van der Waals surface area (Å²) in [7, 11) is -4.16. The van der Waals surface area contributed by atoms with Crippen LogP contribution in [0, 0.1) is 0 Å². The number of pyridine rings is 1. The Balaban J connectivity index is 1.58. The fraction of sp³-hybridized carbons (Fsp3) is 0.429. The molecule has 0 saturated carbocycles. The number of hydrogen-bond donors (Lipinski definition) is 0. The van der Waals surface area contributed by atoms with E-state index in [2.05, 4.69) is 14.8 Å². The fourth-order valence-corrected chi connectivity index (χ4v) is 5.87.